The largest absolute Gasteiger partial charge is 0.573 e. The third kappa shape index (κ3) is 6.50. The number of ether oxygens (including phenoxy) is 2. The topological polar surface area (TPSA) is 149 Å². The Balaban J connectivity index is 1.14. The molecule has 2 aliphatic rings. The van der Waals surface area contributed by atoms with Crippen LogP contribution < -0.4 is 15.0 Å². The third-order valence-electron chi connectivity index (χ3n) is 7.40. The van der Waals surface area contributed by atoms with E-state index in [0.29, 0.717) is 43.4 Å². The zero-order valence-corrected chi connectivity index (χ0v) is 23.1. The highest BCUT2D eigenvalue weighted by Gasteiger charge is 2.54. The number of sulfone groups is 1. The van der Waals surface area contributed by atoms with Crippen molar-refractivity contribution in [3.05, 3.63) is 48.5 Å². The van der Waals surface area contributed by atoms with Crippen LogP contribution >= 0.6 is 0 Å². The molecule has 42 heavy (non-hydrogen) atoms. The molecule has 1 aliphatic carbocycles. The number of hydrogen-bond acceptors (Lipinski definition) is 10. The number of nitrogens with zero attached hydrogens (tertiary/aromatic N) is 5. The van der Waals surface area contributed by atoms with E-state index in [0.717, 1.165) is 25.0 Å². The second-order valence-corrected chi connectivity index (χ2v) is 12.4. The van der Waals surface area contributed by atoms with Gasteiger partial charge in [-0.1, -0.05) is 0 Å². The van der Waals surface area contributed by atoms with E-state index in [-0.39, 0.29) is 35.9 Å². The molecule has 2 heterocycles. The highest BCUT2D eigenvalue weighted by Crippen LogP contribution is 2.39. The molecular formula is C26H29F3N6O6S. The molecule has 1 amide bonds. The molecule has 12 nitrogen and oxygen atoms in total. The fraction of sp³-hybridized carbons (Fsp3) is 0.462. The molecule has 0 bridgehead atoms. The minimum atomic E-state index is -4.78. The standard InChI is InChI=1S/C26H29F3N6O6S/c27-26(28,29)41-21-6-2-18(3-7-21)23-30-33-35(31-23)14-1-17-40-20-8-10-22(11-9-20)42(38,39)25(24(36)32-37)12-15-34(16-13-25)19-4-5-19/h2-3,6-11,19,37H,1,4-5,12-17H2,(H,32,36). The summed E-state index contributed by atoms with van der Waals surface area (Å²) in [5.41, 5.74) is 2.04. The molecule has 16 heteroatoms. The second-order valence-electron chi connectivity index (χ2n) is 10.2. The van der Waals surface area contributed by atoms with Crippen LogP contribution in [-0.2, 0) is 21.2 Å². The van der Waals surface area contributed by atoms with Gasteiger partial charge in [0.05, 0.1) is 18.0 Å². The molecule has 2 N–H and O–H groups in total. The summed E-state index contributed by atoms with van der Waals surface area (Å²) in [6.07, 6.45) is -1.97. The van der Waals surface area contributed by atoms with Gasteiger partial charge in [-0.3, -0.25) is 10.0 Å². The minimum Gasteiger partial charge on any atom is -0.494 e. The van der Waals surface area contributed by atoms with Crippen LogP contribution in [0.2, 0.25) is 0 Å². The zero-order chi connectivity index (χ0) is 30.0. The van der Waals surface area contributed by atoms with Crippen LogP contribution in [0.3, 0.4) is 0 Å². The van der Waals surface area contributed by atoms with E-state index < -0.39 is 26.9 Å². The Morgan fingerprint density at radius 2 is 1.69 bits per heavy atom. The summed E-state index contributed by atoms with van der Waals surface area (Å²) >= 11 is 0. The van der Waals surface area contributed by atoms with Crippen molar-refractivity contribution in [1.82, 2.24) is 30.6 Å². The van der Waals surface area contributed by atoms with Crippen LogP contribution in [0.1, 0.15) is 32.1 Å². The number of alkyl halides is 3. The van der Waals surface area contributed by atoms with Crippen molar-refractivity contribution < 1.29 is 41.1 Å². The summed E-state index contributed by atoms with van der Waals surface area (Å²) < 4.78 is 72.0. The van der Waals surface area contributed by atoms with Crippen LogP contribution in [0, 0.1) is 0 Å². The van der Waals surface area contributed by atoms with Crippen LogP contribution in [0.5, 0.6) is 11.5 Å². The summed E-state index contributed by atoms with van der Waals surface area (Å²) in [7, 11) is -4.11. The van der Waals surface area contributed by atoms with Crippen molar-refractivity contribution in [3.63, 3.8) is 0 Å². The number of rotatable bonds is 11. The number of aryl methyl sites for hydroxylation is 1. The molecular weight excluding hydrogens is 581 g/mol. The number of likely N-dealkylation sites (tertiary alicyclic amines) is 1. The van der Waals surface area contributed by atoms with E-state index in [1.807, 2.05) is 0 Å². The highest BCUT2D eigenvalue weighted by molar-refractivity contribution is 7.93. The van der Waals surface area contributed by atoms with E-state index in [1.54, 1.807) is 5.48 Å². The number of hydroxylamine groups is 1. The van der Waals surface area contributed by atoms with Gasteiger partial charge in [-0.15, -0.1) is 23.4 Å². The fourth-order valence-corrected chi connectivity index (χ4v) is 6.96. The lowest BCUT2D eigenvalue weighted by molar-refractivity contribution is -0.274. The van der Waals surface area contributed by atoms with Gasteiger partial charge in [0.2, 0.25) is 5.82 Å². The molecule has 1 saturated heterocycles. The van der Waals surface area contributed by atoms with Gasteiger partial charge < -0.3 is 14.4 Å². The molecule has 226 valence electrons. The molecule has 0 atom stereocenters. The van der Waals surface area contributed by atoms with Crippen molar-refractivity contribution in [2.75, 3.05) is 19.7 Å². The maximum Gasteiger partial charge on any atom is 0.573 e. The average molecular weight is 611 g/mol. The molecule has 0 spiro atoms. The van der Waals surface area contributed by atoms with Gasteiger partial charge in [0.1, 0.15) is 11.5 Å². The van der Waals surface area contributed by atoms with Crippen molar-refractivity contribution >= 4 is 15.7 Å². The molecule has 2 aromatic carbocycles. The van der Waals surface area contributed by atoms with Crippen LogP contribution in [-0.4, -0.2) is 81.5 Å². The first kappa shape index (κ1) is 29.7. The number of benzene rings is 2. The molecule has 1 aliphatic heterocycles. The van der Waals surface area contributed by atoms with Crippen molar-refractivity contribution in [1.29, 1.82) is 0 Å². The lowest BCUT2D eigenvalue weighted by atomic mass is 9.94. The number of piperidine rings is 1. The van der Waals surface area contributed by atoms with Crippen LogP contribution in [0.25, 0.3) is 11.4 Å². The number of carbonyl (C=O) groups excluding carboxylic acids is 1. The maximum atomic E-state index is 13.6. The van der Waals surface area contributed by atoms with E-state index in [4.69, 9.17) is 4.74 Å². The monoisotopic (exact) mass is 610 g/mol. The van der Waals surface area contributed by atoms with Gasteiger partial charge in [0, 0.05) is 31.1 Å². The van der Waals surface area contributed by atoms with Crippen LogP contribution in [0.4, 0.5) is 13.2 Å². The predicted octanol–water partition coefficient (Wildman–Crippen LogP) is 2.98. The number of carbonyl (C=O) groups is 1. The molecule has 0 unspecified atom stereocenters. The van der Waals surface area contributed by atoms with E-state index in [9.17, 15) is 31.6 Å². The number of hydrogen-bond donors (Lipinski definition) is 2. The number of amides is 1. The first-order chi connectivity index (χ1) is 20.0. The predicted molar refractivity (Wildman–Crippen MR) is 140 cm³/mol. The summed E-state index contributed by atoms with van der Waals surface area (Å²) in [6.45, 7) is 1.51. The zero-order valence-electron chi connectivity index (χ0n) is 22.3. The van der Waals surface area contributed by atoms with E-state index in [1.165, 1.54) is 41.2 Å². The number of nitrogens with one attached hydrogen (secondary N) is 1. The molecule has 1 aromatic heterocycles. The first-order valence-electron chi connectivity index (χ1n) is 13.3. The number of halogens is 3. The normalized spacial score (nSPS) is 17.5. The Morgan fingerprint density at radius 1 is 1.05 bits per heavy atom. The Labute approximate surface area is 239 Å². The lowest BCUT2D eigenvalue weighted by Gasteiger charge is -2.39. The Kier molecular flexibility index (Phi) is 8.39. The van der Waals surface area contributed by atoms with Gasteiger partial charge >= 0.3 is 6.36 Å². The van der Waals surface area contributed by atoms with Crippen molar-refractivity contribution in [2.45, 2.75) is 60.7 Å². The first-order valence-corrected chi connectivity index (χ1v) is 14.8. The van der Waals surface area contributed by atoms with Gasteiger partial charge in [0.25, 0.3) is 5.91 Å². The van der Waals surface area contributed by atoms with E-state index in [2.05, 4.69) is 25.0 Å². The SMILES string of the molecule is O=C(NO)C1(S(=O)(=O)c2ccc(OCCCn3nnc(-c4ccc(OC(F)(F)F)cc4)n3)cc2)CCN(C2CC2)CC1. The average Bonchev–Trinajstić information content (AvgIpc) is 3.72. The fourth-order valence-electron chi connectivity index (χ4n) is 5.01. The molecule has 2 fully saturated rings. The molecule has 1 saturated carbocycles. The molecule has 0 radical (unpaired) electrons. The van der Waals surface area contributed by atoms with E-state index >= 15 is 0 Å². The molecule has 5 rings (SSSR count). The quantitative estimate of drug-likeness (QED) is 0.189. The Hall–Kier alpha value is -3.76. The number of tetrazole rings is 1. The Bertz CT molecular complexity index is 1490. The van der Waals surface area contributed by atoms with Gasteiger partial charge in [0.15, 0.2) is 14.6 Å². The van der Waals surface area contributed by atoms with Crippen molar-refractivity contribution in [3.8, 4) is 22.9 Å². The lowest BCUT2D eigenvalue weighted by Crippen LogP contribution is -2.58. The minimum absolute atomic E-state index is 0.0318. The maximum absolute atomic E-state index is 13.6. The third-order valence-corrected chi connectivity index (χ3v) is 9.92. The summed E-state index contributed by atoms with van der Waals surface area (Å²) in [4.78, 5) is 16.1. The summed E-state index contributed by atoms with van der Waals surface area (Å²) in [5, 5.41) is 21.4. The van der Waals surface area contributed by atoms with Crippen LogP contribution in [0.15, 0.2) is 53.4 Å². The molecule has 3 aromatic rings. The second kappa shape index (κ2) is 11.9. The smallest absolute Gasteiger partial charge is 0.494 e. The summed E-state index contributed by atoms with van der Waals surface area (Å²) in [5.74, 6) is -0.620. The highest BCUT2D eigenvalue weighted by atomic mass is 32.2. The number of aromatic nitrogens is 4. The van der Waals surface area contributed by atoms with Gasteiger partial charge in [-0.25, -0.2) is 13.9 Å². The van der Waals surface area contributed by atoms with Gasteiger partial charge in [-0.05, 0) is 79.4 Å². The Morgan fingerprint density at radius 3 is 2.29 bits per heavy atom. The van der Waals surface area contributed by atoms with Gasteiger partial charge in [-0.2, -0.15) is 4.80 Å². The van der Waals surface area contributed by atoms with Crippen molar-refractivity contribution in [2.24, 2.45) is 0 Å². The summed E-state index contributed by atoms with van der Waals surface area (Å²) in [6, 6.07) is 11.4.